The van der Waals surface area contributed by atoms with Gasteiger partial charge in [-0.3, -0.25) is 0 Å². The SMILES string of the molecule is OCC1C[C@@H](COCC(F)F)CN1. The second kappa shape index (κ2) is 5.47. The minimum absolute atomic E-state index is 0.103. The van der Waals surface area contributed by atoms with Crippen LogP contribution in [0.15, 0.2) is 0 Å². The molecule has 0 bridgehead atoms. The molecule has 0 spiro atoms. The minimum Gasteiger partial charge on any atom is -0.395 e. The third-order valence-corrected chi connectivity index (χ3v) is 2.13. The number of aliphatic hydroxyl groups is 1. The van der Waals surface area contributed by atoms with Crippen molar-refractivity contribution in [3.05, 3.63) is 0 Å². The maximum Gasteiger partial charge on any atom is 0.261 e. The smallest absolute Gasteiger partial charge is 0.261 e. The van der Waals surface area contributed by atoms with Crippen LogP contribution in [0.25, 0.3) is 0 Å². The largest absolute Gasteiger partial charge is 0.395 e. The number of ether oxygens (including phenoxy) is 1. The molecule has 1 aliphatic heterocycles. The maximum atomic E-state index is 11.7. The van der Waals surface area contributed by atoms with Crippen molar-refractivity contribution < 1.29 is 18.6 Å². The van der Waals surface area contributed by atoms with Crippen molar-refractivity contribution in [1.29, 1.82) is 0 Å². The number of nitrogens with one attached hydrogen (secondary N) is 1. The van der Waals surface area contributed by atoms with Gasteiger partial charge in [-0.05, 0) is 12.3 Å². The molecular formula is C8H15F2NO2. The van der Waals surface area contributed by atoms with Gasteiger partial charge in [0, 0.05) is 12.6 Å². The van der Waals surface area contributed by atoms with E-state index in [1.807, 2.05) is 0 Å². The number of hydrogen-bond acceptors (Lipinski definition) is 3. The Kier molecular flexibility index (Phi) is 4.55. The van der Waals surface area contributed by atoms with Crippen LogP contribution in [0.4, 0.5) is 8.78 Å². The van der Waals surface area contributed by atoms with Gasteiger partial charge in [0.15, 0.2) is 0 Å². The van der Waals surface area contributed by atoms with Crippen molar-refractivity contribution in [3.63, 3.8) is 0 Å². The summed E-state index contributed by atoms with van der Waals surface area (Å²) in [5.74, 6) is 0.260. The van der Waals surface area contributed by atoms with Gasteiger partial charge < -0.3 is 15.2 Å². The molecule has 1 rings (SSSR count). The van der Waals surface area contributed by atoms with E-state index in [1.165, 1.54) is 0 Å². The topological polar surface area (TPSA) is 41.5 Å². The summed E-state index contributed by atoms with van der Waals surface area (Å²) in [7, 11) is 0. The molecule has 0 radical (unpaired) electrons. The molecule has 1 saturated heterocycles. The zero-order valence-corrected chi connectivity index (χ0v) is 7.38. The molecule has 3 nitrogen and oxygen atoms in total. The lowest BCUT2D eigenvalue weighted by atomic mass is 10.1. The summed E-state index contributed by atoms with van der Waals surface area (Å²) in [5.41, 5.74) is 0. The fourth-order valence-corrected chi connectivity index (χ4v) is 1.49. The quantitative estimate of drug-likeness (QED) is 0.660. The van der Waals surface area contributed by atoms with E-state index in [-0.39, 0.29) is 18.6 Å². The summed E-state index contributed by atoms with van der Waals surface area (Å²) < 4.78 is 28.1. The molecule has 0 aromatic rings. The Labute approximate surface area is 76.1 Å². The van der Waals surface area contributed by atoms with E-state index in [1.54, 1.807) is 0 Å². The van der Waals surface area contributed by atoms with Gasteiger partial charge >= 0.3 is 0 Å². The van der Waals surface area contributed by atoms with E-state index >= 15 is 0 Å². The molecular weight excluding hydrogens is 180 g/mol. The van der Waals surface area contributed by atoms with Crippen molar-refractivity contribution in [2.24, 2.45) is 5.92 Å². The zero-order chi connectivity index (χ0) is 9.68. The molecule has 1 aliphatic rings. The third kappa shape index (κ3) is 3.97. The van der Waals surface area contributed by atoms with Gasteiger partial charge in [0.1, 0.15) is 6.61 Å². The second-order valence-electron chi connectivity index (χ2n) is 3.32. The average molecular weight is 195 g/mol. The molecule has 2 atom stereocenters. The highest BCUT2D eigenvalue weighted by molar-refractivity contribution is 4.80. The predicted molar refractivity (Wildman–Crippen MR) is 43.8 cm³/mol. The summed E-state index contributed by atoms with van der Waals surface area (Å²) in [5, 5.41) is 11.9. The Hall–Kier alpha value is -0.260. The molecule has 0 aromatic carbocycles. The monoisotopic (exact) mass is 195 g/mol. The molecule has 1 heterocycles. The molecule has 78 valence electrons. The first-order valence-corrected chi connectivity index (χ1v) is 4.42. The van der Waals surface area contributed by atoms with Gasteiger partial charge in [-0.2, -0.15) is 0 Å². The van der Waals surface area contributed by atoms with Crippen LogP contribution in [-0.2, 0) is 4.74 Å². The lowest BCUT2D eigenvalue weighted by molar-refractivity contribution is 0.00574. The van der Waals surface area contributed by atoms with Crippen molar-refractivity contribution in [3.8, 4) is 0 Å². The summed E-state index contributed by atoms with van der Waals surface area (Å²) >= 11 is 0. The average Bonchev–Trinajstić information content (AvgIpc) is 2.52. The van der Waals surface area contributed by atoms with Gasteiger partial charge in [0.25, 0.3) is 6.43 Å². The lowest BCUT2D eigenvalue weighted by Crippen LogP contribution is -2.24. The highest BCUT2D eigenvalue weighted by atomic mass is 19.3. The van der Waals surface area contributed by atoms with Crippen LogP contribution in [0.2, 0.25) is 0 Å². The number of halogens is 2. The number of alkyl halides is 2. The highest BCUT2D eigenvalue weighted by Crippen LogP contribution is 2.13. The van der Waals surface area contributed by atoms with E-state index < -0.39 is 13.0 Å². The van der Waals surface area contributed by atoms with Crippen LogP contribution in [0, 0.1) is 5.92 Å². The molecule has 0 aromatic heterocycles. The Morgan fingerprint density at radius 2 is 2.31 bits per heavy atom. The molecule has 0 amide bonds. The van der Waals surface area contributed by atoms with Crippen LogP contribution in [-0.4, -0.2) is 43.9 Å². The highest BCUT2D eigenvalue weighted by Gasteiger charge is 2.23. The first-order chi connectivity index (χ1) is 6.22. The fourth-order valence-electron chi connectivity index (χ4n) is 1.49. The van der Waals surface area contributed by atoms with Crippen molar-refractivity contribution in [1.82, 2.24) is 5.32 Å². The van der Waals surface area contributed by atoms with Crippen molar-refractivity contribution in [2.45, 2.75) is 18.9 Å². The predicted octanol–water partition coefficient (Wildman–Crippen LogP) is 0.238. The van der Waals surface area contributed by atoms with Gasteiger partial charge in [0.05, 0.1) is 13.2 Å². The second-order valence-corrected chi connectivity index (χ2v) is 3.32. The number of hydrogen-bond donors (Lipinski definition) is 2. The zero-order valence-electron chi connectivity index (χ0n) is 7.38. The Balaban J connectivity index is 2.03. The van der Waals surface area contributed by atoms with Crippen LogP contribution >= 0.6 is 0 Å². The normalized spacial score (nSPS) is 28.6. The van der Waals surface area contributed by atoms with E-state index in [4.69, 9.17) is 9.84 Å². The summed E-state index contributed by atoms with van der Waals surface area (Å²) in [6.07, 6.45) is -1.58. The lowest BCUT2D eigenvalue weighted by Gasteiger charge is -2.09. The fraction of sp³-hybridized carbons (Fsp3) is 1.00. The maximum absolute atomic E-state index is 11.7. The third-order valence-electron chi connectivity index (χ3n) is 2.13. The van der Waals surface area contributed by atoms with Gasteiger partial charge in [-0.15, -0.1) is 0 Å². The van der Waals surface area contributed by atoms with Gasteiger partial charge in [0.2, 0.25) is 0 Å². The van der Waals surface area contributed by atoms with Gasteiger partial charge in [-0.1, -0.05) is 0 Å². The van der Waals surface area contributed by atoms with E-state index in [0.717, 1.165) is 13.0 Å². The molecule has 5 heteroatoms. The first-order valence-electron chi connectivity index (χ1n) is 4.42. The Morgan fingerprint density at radius 3 is 2.85 bits per heavy atom. The summed E-state index contributed by atoms with van der Waals surface area (Å²) in [4.78, 5) is 0. The van der Waals surface area contributed by atoms with Crippen LogP contribution in [0.1, 0.15) is 6.42 Å². The molecule has 2 N–H and O–H groups in total. The van der Waals surface area contributed by atoms with Crippen LogP contribution < -0.4 is 5.32 Å². The minimum atomic E-state index is -2.39. The standard InChI is InChI=1S/C8H15F2NO2/c9-8(10)5-13-4-6-1-7(3-12)11-2-6/h6-8,11-12H,1-5H2/t6-,7?/m1/s1. The Bertz CT molecular complexity index is 146. The molecule has 0 aliphatic carbocycles. The summed E-state index contributed by atoms with van der Waals surface area (Å²) in [6.45, 7) is 0.716. The van der Waals surface area contributed by atoms with E-state index in [2.05, 4.69) is 5.32 Å². The number of aliphatic hydroxyl groups excluding tert-OH is 1. The summed E-state index contributed by atoms with van der Waals surface area (Å²) in [6, 6.07) is 0.111. The van der Waals surface area contributed by atoms with Crippen LogP contribution in [0.3, 0.4) is 0 Å². The first kappa shape index (κ1) is 10.8. The Morgan fingerprint density at radius 1 is 1.54 bits per heavy atom. The van der Waals surface area contributed by atoms with Gasteiger partial charge in [-0.25, -0.2) is 8.78 Å². The molecule has 1 fully saturated rings. The van der Waals surface area contributed by atoms with Crippen molar-refractivity contribution >= 4 is 0 Å². The van der Waals surface area contributed by atoms with E-state index in [9.17, 15) is 8.78 Å². The van der Waals surface area contributed by atoms with E-state index in [0.29, 0.717) is 6.61 Å². The van der Waals surface area contributed by atoms with Crippen molar-refractivity contribution in [2.75, 3.05) is 26.4 Å². The number of rotatable bonds is 5. The molecule has 0 saturated carbocycles. The molecule has 13 heavy (non-hydrogen) atoms. The van der Waals surface area contributed by atoms with Crippen LogP contribution in [0.5, 0.6) is 0 Å². The molecule has 1 unspecified atom stereocenters.